The third-order valence-corrected chi connectivity index (χ3v) is 4.37. The number of hydrogen-bond donors (Lipinski definition) is 1. The molecule has 5 nitrogen and oxygen atoms in total. The summed E-state index contributed by atoms with van der Waals surface area (Å²) in [5.74, 6) is 0.504. The Balaban J connectivity index is 1.63. The Kier molecular flexibility index (Phi) is 5.11. The topological polar surface area (TPSA) is 60.5 Å². The molecule has 1 atom stereocenters. The van der Waals surface area contributed by atoms with Crippen LogP contribution < -0.4 is 10.1 Å². The van der Waals surface area contributed by atoms with E-state index in [1.165, 1.54) is 0 Å². The molecule has 0 saturated heterocycles. The molecule has 1 amide bonds. The van der Waals surface area contributed by atoms with Gasteiger partial charge in [0.2, 0.25) is 5.88 Å². The van der Waals surface area contributed by atoms with Gasteiger partial charge in [-0.05, 0) is 41.8 Å². The SMILES string of the molecule is CCc1cc(Cl)cc(Cl)c1CNC(=O)OC1COc2ncccc21. The van der Waals surface area contributed by atoms with Crippen molar-refractivity contribution in [2.24, 2.45) is 0 Å². The van der Waals surface area contributed by atoms with Gasteiger partial charge in [0.1, 0.15) is 6.61 Å². The van der Waals surface area contributed by atoms with Crippen LogP contribution >= 0.6 is 23.2 Å². The molecule has 126 valence electrons. The largest absolute Gasteiger partial charge is 0.473 e. The van der Waals surface area contributed by atoms with Gasteiger partial charge < -0.3 is 14.8 Å². The summed E-state index contributed by atoms with van der Waals surface area (Å²) in [5, 5.41) is 3.83. The van der Waals surface area contributed by atoms with Gasteiger partial charge in [-0.1, -0.05) is 30.1 Å². The summed E-state index contributed by atoms with van der Waals surface area (Å²) in [6.45, 7) is 2.54. The lowest BCUT2D eigenvalue weighted by Gasteiger charge is -2.14. The maximum absolute atomic E-state index is 12.1. The van der Waals surface area contributed by atoms with Crippen molar-refractivity contribution in [2.45, 2.75) is 26.0 Å². The maximum Gasteiger partial charge on any atom is 0.408 e. The molecular formula is C17H16Cl2N2O3. The Bertz CT molecular complexity index is 767. The summed E-state index contributed by atoms with van der Waals surface area (Å²) < 4.78 is 10.8. The molecular weight excluding hydrogens is 351 g/mol. The number of benzene rings is 1. The lowest BCUT2D eigenvalue weighted by atomic mass is 10.1. The number of aryl methyl sites for hydroxylation is 1. The summed E-state index contributed by atoms with van der Waals surface area (Å²) in [6, 6.07) is 7.13. The fourth-order valence-corrected chi connectivity index (χ4v) is 3.21. The second-order valence-corrected chi connectivity index (χ2v) is 6.18. The molecule has 24 heavy (non-hydrogen) atoms. The van der Waals surface area contributed by atoms with Crippen molar-refractivity contribution in [1.82, 2.24) is 10.3 Å². The maximum atomic E-state index is 12.1. The van der Waals surface area contributed by atoms with Gasteiger partial charge >= 0.3 is 6.09 Å². The molecule has 2 heterocycles. The van der Waals surface area contributed by atoms with E-state index in [-0.39, 0.29) is 13.2 Å². The number of nitrogens with zero attached hydrogens (tertiary/aromatic N) is 1. The number of amides is 1. The van der Waals surface area contributed by atoms with E-state index in [1.807, 2.05) is 19.1 Å². The van der Waals surface area contributed by atoms with E-state index in [2.05, 4.69) is 10.3 Å². The number of halogens is 2. The fraction of sp³-hybridized carbons (Fsp3) is 0.294. The molecule has 1 aliphatic rings. The predicted octanol–water partition coefficient (Wildman–Crippen LogP) is 4.31. The third kappa shape index (κ3) is 3.57. The molecule has 1 aromatic heterocycles. The van der Waals surface area contributed by atoms with Crippen LogP contribution in [0.15, 0.2) is 30.5 Å². The second kappa shape index (κ2) is 7.28. The summed E-state index contributed by atoms with van der Waals surface area (Å²) in [6.07, 6.45) is 1.41. The smallest absolute Gasteiger partial charge is 0.408 e. The number of nitrogens with one attached hydrogen (secondary N) is 1. The molecule has 0 aliphatic carbocycles. The number of carbonyl (C=O) groups is 1. The van der Waals surface area contributed by atoms with Gasteiger partial charge in [0, 0.05) is 22.8 Å². The molecule has 1 N–H and O–H groups in total. The predicted molar refractivity (Wildman–Crippen MR) is 91.6 cm³/mol. The standard InChI is InChI=1S/C17H16Cl2N2O3/c1-2-10-6-11(18)7-14(19)13(10)8-21-17(22)24-15-9-23-16-12(15)4-3-5-20-16/h3-7,15H,2,8-9H2,1H3,(H,21,22). The Morgan fingerprint density at radius 3 is 3.08 bits per heavy atom. The molecule has 0 radical (unpaired) electrons. The Morgan fingerprint density at radius 1 is 1.46 bits per heavy atom. The quantitative estimate of drug-likeness (QED) is 0.875. The first-order valence-electron chi connectivity index (χ1n) is 7.57. The first kappa shape index (κ1) is 16.9. The van der Waals surface area contributed by atoms with Crippen LogP contribution in [-0.2, 0) is 17.7 Å². The molecule has 1 unspecified atom stereocenters. The van der Waals surface area contributed by atoms with E-state index in [0.717, 1.165) is 23.1 Å². The van der Waals surface area contributed by atoms with E-state index in [0.29, 0.717) is 15.9 Å². The van der Waals surface area contributed by atoms with Crippen LogP contribution in [0.3, 0.4) is 0 Å². The van der Waals surface area contributed by atoms with Crippen molar-refractivity contribution in [3.05, 3.63) is 57.2 Å². The zero-order valence-electron chi connectivity index (χ0n) is 13.0. The first-order valence-corrected chi connectivity index (χ1v) is 8.33. The molecule has 0 saturated carbocycles. The zero-order chi connectivity index (χ0) is 17.1. The Morgan fingerprint density at radius 2 is 2.29 bits per heavy atom. The van der Waals surface area contributed by atoms with Crippen LogP contribution in [0.1, 0.15) is 29.7 Å². The summed E-state index contributed by atoms with van der Waals surface area (Å²) in [7, 11) is 0. The first-order chi connectivity index (χ1) is 11.6. The highest BCUT2D eigenvalue weighted by Gasteiger charge is 2.28. The van der Waals surface area contributed by atoms with E-state index in [1.54, 1.807) is 18.3 Å². The highest BCUT2D eigenvalue weighted by Crippen LogP contribution is 2.32. The second-order valence-electron chi connectivity index (χ2n) is 5.34. The van der Waals surface area contributed by atoms with Gasteiger partial charge in [-0.15, -0.1) is 0 Å². The Hall–Kier alpha value is -1.98. The molecule has 0 bridgehead atoms. The number of alkyl carbamates (subject to hydrolysis) is 1. The van der Waals surface area contributed by atoms with Gasteiger partial charge in [-0.3, -0.25) is 0 Å². The lowest BCUT2D eigenvalue weighted by molar-refractivity contribution is 0.0821. The van der Waals surface area contributed by atoms with Gasteiger partial charge in [0.05, 0.1) is 5.56 Å². The van der Waals surface area contributed by atoms with Crippen molar-refractivity contribution in [1.29, 1.82) is 0 Å². The highest BCUT2D eigenvalue weighted by atomic mass is 35.5. The highest BCUT2D eigenvalue weighted by molar-refractivity contribution is 6.35. The normalized spacial score (nSPS) is 15.5. The minimum absolute atomic E-state index is 0.266. The summed E-state index contributed by atoms with van der Waals surface area (Å²) in [5.41, 5.74) is 2.60. The number of fused-ring (bicyclic) bond motifs is 1. The fourth-order valence-electron chi connectivity index (χ4n) is 2.61. The van der Waals surface area contributed by atoms with Crippen molar-refractivity contribution >= 4 is 29.3 Å². The molecule has 0 spiro atoms. The van der Waals surface area contributed by atoms with E-state index in [4.69, 9.17) is 32.7 Å². The lowest BCUT2D eigenvalue weighted by Crippen LogP contribution is -2.26. The number of hydrogen-bond acceptors (Lipinski definition) is 4. The number of pyridine rings is 1. The van der Waals surface area contributed by atoms with Gasteiger partial charge in [-0.2, -0.15) is 0 Å². The number of ether oxygens (including phenoxy) is 2. The van der Waals surface area contributed by atoms with Gasteiger partial charge in [0.15, 0.2) is 6.10 Å². The van der Waals surface area contributed by atoms with Gasteiger partial charge in [0.25, 0.3) is 0 Å². The van der Waals surface area contributed by atoms with Crippen LogP contribution in [0.2, 0.25) is 10.0 Å². The molecule has 1 aliphatic heterocycles. The van der Waals surface area contributed by atoms with Crippen molar-refractivity contribution in [3.63, 3.8) is 0 Å². The summed E-state index contributed by atoms with van der Waals surface area (Å²) in [4.78, 5) is 16.2. The number of aromatic nitrogens is 1. The van der Waals surface area contributed by atoms with E-state index in [9.17, 15) is 4.79 Å². The van der Waals surface area contributed by atoms with E-state index < -0.39 is 12.2 Å². The molecule has 7 heteroatoms. The monoisotopic (exact) mass is 366 g/mol. The minimum Gasteiger partial charge on any atom is -0.473 e. The summed E-state index contributed by atoms with van der Waals surface area (Å²) >= 11 is 12.2. The third-order valence-electron chi connectivity index (χ3n) is 3.81. The minimum atomic E-state index is -0.534. The molecule has 0 fully saturated rings. The number of carbonyl (C=O) groups excluding carboxylic acids is 1. The van der Waals surface area contributed by atoms with E-state index >= 15 is 0 Å². The molecule has 3 rings (SSSR count). The average Bonchev–Trinajstić information content (AvgIpc) is 2.96. The van der Waals surface area contributed by atoms with Crippen molar-refractivity contribution < 1.29 is 14.3 Å². The van der Waals surface area contributed by atoms with Crippen LogP contribution in [0, 0.1) is 0 Å². The Labute approximate surface area is 149 Å². The molecule has 1 aromatic carbocycles. The average molecular weight is 367 g/mol. The van der Waals surface area contributed by atoms with Gasteiger partial charge in [-0.25, -0.2) is 9.78 Å². The van der Waals surface area contributed by atoms with Crippen LogP contribution in [-0.4, -0.2) is 17.7 Å². The van der Waals surface area contributed by atoms with Crippen LogP contribution in [0.4, 0.5) is 4.79 Å². The zero-order valence-corrected chi connectivity index (χ0v) is 14.5. The van der Waals surface area contributed by atoms with Crippen molar-refractivity contribution in [3.8, 4) is 5.88 Å². The number of rotatable bonds is 4. The van der Waals surface area contributed by atoms with Crippen LogP contribution in [0.25, 0.3) is 0 Å². The molecule has 2 aromatic rings. The van der Waals surface area contributed by atoms with Crippen LogP contribution in [0.5, 0.6) is 5.88 Å². The van der Waals surface area contributed by atoms with Crippen molar-refractivity contribution in [2.75, 3.05) is 6.61 Å².